The molecule has 2 rings (SSSR count). The smallest absolute Gasteiger partial charge is 0.339 e. The summed E-state index contributed by atoms with van der Waals surface area (Å²) in [6.45, 7) is 17.8. The predicted octanol–water partition coefficient (Wildman–Crippen LogP) is 6.00. The second kappa shape index (κ2) is 9.57. The fourth-order valence-corrected chi connectivity index (χ4v) is 3.30. The monoisotopic (exact) mass is 468 g/mol. The Labute approximate surface area is 202 Å². The van der Waals surface area contributed by atoms with Crippen molar-refractivity contribution in [3.8, 4) is 0 Å². The number of esters is 1. The molecule has 0 aliphatic carbocycles. The quantitative estimate of drug-likeness (QED) is 0.329. The van der Waals surface area contributed by atoms with Gasteiger partial charge in [-0.25, -0.2) is 4.79 Å². The molecular formula is C27H36N2O5. The molecule has 0 radical (unpaired) electrons. The van der Waals surface area contributed by atoms with Crippen LogP contribution < -0.4 is 5.32 Å². The number of nitrogens with one attached hydrogen (secondary N) is 1. The number of ether oxygens (including phenoxy) is 1. The van der Waals surface area contributed by atoms with Crippen molar-refractivity contribution in [3.63, 3.8) is 0 Å². The number of benzene rings is 2. The Morgan fingerprint density at radius 3 is 1.85 bits per heavy atom. The van der Waals surface area contributed by atoms with Crippen molar-refractivity contribution in [2.75, 3.05) is 0 Å². The van der Waals surface area contributed by atoms with E-state index in [2.05, 4.69) is 52.9 Å². The zero-order valence-electron chi connectivity index (χ0n) is 21.6. The van der Waals surface area contributed by atoms with E-state index in [1.54, 1.807) is 39.0 Å². The van der Waals surface area contributed by atoms with Crippen LogP contribution in [0.4, 0.5) is 5.69 Å². The number of non-ortho nitro benzene ring substituents is 1. The lowest BCUT2D eigenvalue weighted by Crippen LogP contribution is -2.44. The second-order valence-electron chi connectivity index (χ2n) is 11.7. The average molecular weight is 469 g/mol. The number of nitro benzene ring substituents is 1. The lowest BCUT2D eigenvalue weighted by Gasteiger charge is -2.27. The third kappa shape index (κ3) is 7.14. The van der Waals surface area contributed by atoms with Gasteiger partial charge in [-0.3, -0.25) is 14.9 Å². The Hall–Kier alpha value is -3.22. The summed E-state index contributed by atoms with van der Waals surface area (Å²) in [5.74, 6) is -1.22. The van der Waals surface area contributed by atoms with E-state index in [4.69, 9.17) is 4.74 Å². The molecule has 0 spiro atoms. The number of rotatable bonds is 5. The predicted molar refractivity (Wildman–Crippen MR) is 133 cm³/mol. The minimum Gasteiger partial charge on any atom is -0.444 e. The average Bonchev–Trinajstić information content (AvgIpc) is 2.68. The molecule has 0 saturated carbocycles. The first kappa shape index (κ1) is 27.0. The molecule has 34 heavy (non-hydrogen) atoms. The van der Waals surface area contributed by atoms with E-state index in [0.29, 0.717) is 5.56 Å². The van der Waals surface area contributed by atoms with Gasteiger partial charge in [0.2, 0.25) is 6.10 Å². The summed E-state index contributed by atoms with van der Waals surface area (Å²) >= 11 is 0. The fraction of sp³-hybridized carbons (Fsp3) is 0.481. The highest BCUT2D eigenvalue weighted by Crippen LogP contribution is 2.32. The summed E-state index contributed by atoms with van der Waals surface area (Å²) in [6, 6.07) is 11.2. The van der Waals surface area contributed by atoms with E-state index in [0.717, 1.165) is 11.1 Å². The second-order valence-corrected chi connectivity index (χ2v) is 11.7. The summed E-state index contributed by atoms with van der Waals surface area (Å²) in [7, 11) is 0. The number of carbonyl (C=O) groups excluding carboxylic acids is 2. The molecule has 0 heterocycles. The van der Waals surface area contributed by atoms with E-state index in [9.17, 15) is 19.7 Å². The highest BCUT2D eigenvalue weighted by molar-refractivity contribution is 5.93. The van der Waals surface area contributed by atoms with Gasteiger partial charge in [0.15, 0.2) is 0 Å². The van der Waals surface area contributed by atoms with E-state index in [-0.39, 0.29) is 22.1 Å². The van der Waals surface area contributed by atoms with Gasteiger partial charge in [0.1, 0.15) is 0 Å². The number of nitro groups is 1. The van der Waals surface area contributed by atoms with Crippen LogP contribution in [-0.4, -0.2) is 22.3 Å². The van der Waals surface area contributed by atoms with Crippen LogP contribution in [0.5, 0.6) is 0 Å². The first-order chi connectivity index (χ1) is 15.4. The molecule has 184 valence electrons. The maximum atomic E-state index is 13.3. The first-order valence-corrected chi connectivity index (χ1v) is 11.3. The van der Waals surface area contributed by atoms with Crippen molar-refractivity contribution in [1.82, 2.24) is 5.32 Å². The van der Waals surface area contributed by atoms with Crippen molar-refractivity contribution in [1.29, 1.82) is 0 Å². The highest BCUT2D eigenvalue weighted by atomic mass is 16.6. The lowest BCUT2D eigenvalue weighted by atomic mass is 9.79. The minimum absolute atomic E-state index is 0.188. The SMILES string of the molecule is CC(C)(C)NC(=O)C(OC(=O)c1cc(C(C)(C)C)cc(C(C)(C)C)c1)c1cccc([N+](=O)[O-])c1. The molecule has 0 aliphatic rings. The Bertz CT molecular complexity index is 1050. The molecule has 0 aromatic heterocycles. The summed E-state index contributed by atoms with van der Waals surface area (Å²) in [6.07, 6.45) is -1.34. The topological polar surface area (TPSA) is 98.5 Å². The molecule has 2 aromatic rings. The lowest BCUT2D eigenvalue weighted by molar-refractivity contribution is -0.385. The largest absolute Gasteiger partial charge is 0.444 e. The van der Waals surface area contributed by atoms with Gasteiger partial charge in [-0.05, 0) is 54.9 Å². The van der Waals surface area contributed by atoms with Crippen molar-refractivity contribution in [2.24, 2.45) is 0 Å². The molecule has 7 heteroatoms. The van der Waals surface area contributed by atoms with Gasteiger partial charge in [0.05, 0.1) is 10.5 Å². The molecule has 0 aliphatic heterocycles. The molecule has 2 aromatic carbocycles. The molecule has 1 atom stereocenters. The van der Waals surface area contributed by atoms with Gasteiger partial charge >= 0.3 is 5.97 Å². The highest BCUT2D eigenvalue weighted by Gasteiger charge is 2.31. The number of hydrogen-bond donors (Lipinski definition) is 1. The summed E-state index contributed by atoms with van der Waals surface area (Å²) in [4.78, 5) is 37.2. The molecule has 0 fully saturated rings. The normalized spacial score (nSPS) is 13.2. The molecule has 0 bridgehead atoms. The Morgan fingerprint density at radius 2 is 1.41 bits per heavy atom. The van der Waals surface area contributed by atoms with E-state index >= 15 is 0 Å². The summed E-state index contributed by atoms with van der Waals surface area (Å²) in [5.41, 5.74) is 1.30. The standard InChI is InChI=1S/C27H36N2O5/c1-25(2,3)19-13-18(14-20(16-19)26(4,5)6)24(31)34-22(23(30)28-27(7,8)9)17-11-10-12-21(15-17)29(32)33/h10-16,22H,1-9H3,(H,28,30). The number of hydrogen-bond acceptors (Lipinski definition) is 5. The van der Waals surface area contributed by atoms with Crippen molar-refractivity contribution in [2.45, 2.75) is 84.8 Å². The van der Waals surface area contributed by atoms with Crippen LogP contribution in [0.25, 0.3) is 0 Å². The van der Waals surface area contributed by atoms with E-state index in [1.165, 1.54) is 18.2 Å². The third-order valence-corrected chi connectivity index (χ3v) is 5.25. The van der Waals surface area contributed by atoms with Crippen LogP contribution in [0.2, 0.25) is 0 Å². The minimum atomic E-state index is -1.34. The van der Waals surface area contributed by atoms with Gasteiger partial charge in [0.25, 0.3) is 11.6 Å². The van der Waals surface area contributed by atoms with Crippen molar-refractivity contribution >= 4 is 17.6 Å². The molecule has 1 unspecified atom stereocenters. The van der Waals surface area contributed by atoms with Gasteiger partial charge in [-0.1, -0.05) is 59.7 Å². The van der Waals surface area contributed by atoms with Crippen molar-refractivity contribution in [3.05, 3.63) is 74.8 Å². The first-order valence-electron chi connectivity index (χ1n) is 11.3. The van der Waals surface area contributed by atoms with Crippen LogP contribution in [0, 0.1) is 10.1 Å². The molecule has 7 nitrogen and oxygen atoms in total. The van der Waals surface area contributed by atoms with Crippen LogP contribution in [0.15, 0.2) is 42.5 Å². The van der Waals surface area contributed by atoms with Gasteiger partial charge in [-0.2, -0.15) is 0 Å². The maximum absolute atomic E-state index is 13.3. The number of carbonyl (C=O) groups is 2. The van der Waals surface area contributed by atoms with Crippen LogP contribution >= 0.6 is 0 Å². The van der Waals surface area contributed by atoms with E-state index < -0.39 is 28.4 Å². The summed E-state index contributed by atoms with van der Waals surface area (Å²) in [5, 5.41) is 14.1. The van der Waals surface area contributed by atoms with Gasteiger partial charge < -0.3 is 10.1 Å². The van der Waals surface area contributed by atoms with Crippen LogP contribution in [0.1, 0.15) is 95.5 Å². The number of nitrogens with zero attached hydrogens (tertiary/aromatic N) is 1. The molecular weight excluding hydrogens is 432 g/mol. The Morgan fingerprint density at radius 1 is 0.882 bits per heavy atom. The zero-order valence-corrected chi connectivity index (χ0v) is 21.6. The van der Waals surface area contributed by atoms with Gasteiger partial charge in [0, 0.05) is 23.2 Å². The van der Waals surface area contributed by atoms with Crippen molar-refractivity contribution < 1.29 is 19.2 Å². The zero-order chi connectivity index (χ0) is 26.1. The Balaban J connectivity index is 2.55. The maximum Gasteiger partial charge on any atom is 0.339 e. The van der Waals surface area contributed by atoms with E-state index in [1.807, 2.05) is 0 Å². The third-order valence-electron chi connectivity index (χ3n) is 5.25. The summed E-state index contributed by atoms with van der Waals surface area (Å²) < 4.78 is 5.73. The van der Waals surface area contributed by atoms with Crippen LogP contribution in [-0.2, 0) is 20.4 Å². The number of amides is 1. The molecule has 1 N–H and O–H groups in total. The molecule has 1 amide bonds. The Kier molecular flexibility index (Phi) is 7.60. The fourth-order valence-electron chi connectivity index (χ4n) is 3.30. The molecule has 0 saturated heterocycles. The van der Waals surface area contributed by atoms with Gasteiger partial charge in [-0.15, -0.1) is 0 Å². The van der Waals surface area contributed by atoms with Crippen LogP contribution in [0.3, 0.4) is 0 Å².